The van der Waals surface area contributed by atoms with E-state index in [1.807, 2.05) is 48.5 Å². The zero-order valence-electron chi connectivity index (χ0n) is 20.3. The molecule has 0 amide bonds. The van der Waals surface area contributed by atoms with Crippen molar-refractivity contribution in [2.75, 3.05) is 0 Å². The van der Waals surface area contributed by atoms with Crippen LogP contribution in [0.5, 0.6) is 0 Å². The SMILES string of the molecule is CCCCCCCCc1cc(-c2ccc(-c3ccccc3)cc2)c(F)c(F)c1CCCCC. The van der Waals surface area contributed by atoms with Gasteiger partial charge in [-0.1, -0.05) is 113 Å². The van der Waals surface area contributed by atoms with Gasteiger partial charge in [-0.15, -0.1) is 0 Å². The van der Waals surface area contributed by atoms with Crippen molar-refractivity contribution < 1.29 is 8.78 Å². The molecule has 0 atom stereocenters. The summed E-state index contributed by atoms with van der Waals surface area (Å²) in [5, 5.41) is 0. The molecule has 0 aliphatic carbocycles. The molecule has 0 saturated heterocycles. The number of hydrogen-bond donors (Lipinski definition) is 0. The van der Waals surface area contributed by atoms with Crippen LogP contribution in [0.25, 0.3) is 22.3 Å². The van der Waals surface area contributed by atoms with Crippen LogP contribution in [-0.4, -0.2) is 0 Å². The van der Waals surface area contributed by atoms with Crippen LogP contribution < -0.4 is 0 Å². The van der Waals surface area contributed by atoms with Crippen molar-refractivity contribution in [3.05, 3.63) is 83.4 Å². The molecule has 0 fully saturated rings. The van der Waals surface area contributed by atoms with Crippen molar-refractivity contribution in [3.63, 3.8) is 0 Å². The molecule has 3 aromatic carbocycles. The summed E-state index contributed by atoms with van der Waals surface area (Å²) < 4.78 is 30.5. The minimum Gasteiger partial charge on any atom is -0.203 e. The molecule has 0 unspecified atom stereocenters. The smallest absolute Gasteiger partial charge is 0.166 e. The van der Waals surface area contributed by atoms with E-state index in [1.165, 1.54) is 25.7 Å². The van der Waals surface area contributed by atoms with Crippen LogP contribution in [0.1, 0.15) is 82.8 Å². The Morgan fingerprint density at radius 2 is 1.09 bits per heavy atom. The minimum atomic E-state index is -0.708. The molecular weight excluding hydrogens is 410 g/mol. The maximum Gasteiger partial charge on any atom is 0.166 e. The second kappa shape index (κ2) is 13.3. The number of rotatable bonds is 13. The van der Waals surface area contributed by atoms with Crippen LogP contribution in [-0.2, 0) is 12.8 Å². The van der Waals surface area contributed by atoms with Crippen LogP contribution >= 0.6 is 0 Å². The van der Waals surface area contributed by atoms with Gasteiger partial charge in [0.15, 0.2) is 11.6 Å². The second-order valence-electron chi connectivity index (χ2n) is 9.11. The van der Waals surface area contributed by atoms with Crippen molar-refractivity contribution in [1.82, 2.24) is 0 Å². The molecule has 0 radical (unpaired) electrons. The summed E-state index contributed by atoms with van der Waals surface area (Å²) in [4.78, 5) is 0. The molecule has 0 aromatic heterocycles. The standard InChI is InChI=1S/C31H38F2/c1-3-5-7-8-9-12-17-27-23-29(31(33)30(32)28(27)18-11-6-4-2)26-21-19-25(20-22-26)24-15-13-10-14-16-24/h10,13-16,19-23H,3-9,11-12,17-18H2,1-2H3. The lowest BCUT2D eigenvalue weighted by molar-refractivity contribution is 0.495. The van der Waals surface area contributed by atoms with Crippen molar-refractivity contribution in [1.29, 1.82) is 0 Å². The first kappa shape index (κ1) is 25.1. The molecule has 2 heteroatoms. The predicted octanol–water partition coefficient (Wildman–Crippen LogP) is 9.93. The molecule has 0 N–H and O–H groups in total. The summed E-state index contributed by atoms with van der Waals surface area (Å²) in [6, 6.07) is 19.8. The second-order valence-corrected chi connectivity index (χ2v) is 9.11. The average Bonchev–Trinajstić information content (AvgIpc) is 2.85. The molecule has 0 aliphatic rings. The zero-order chi connectivity index (χ0) is 23.5. The molecule has 0 heterocycles. The Kier molecular flexibility index (Phi) is 10.1. The van der Waals surface area contributed by atoms with Crippen LogP contribution in [0.2, 0.25) is 0 Å². The topological polar surface area (TPSA) is 0 Å². The quantitative estimate of drug-likeness (QED) is 0.228. The third kappa shape index (κ3) is 7.00. The van der Waals surface area contributed by atoms with E-state index in [-0.39, 0.29) is 0 Å². The monoisotopic (exact) mass is 448 g/mol. The van der Waals surface area contributed by atoms with Gasteiger partial charge in [0.25, 0.3) is 0 Å². The highest BCUT2D eigenvalue weighted by molar-refractivity contribution is 5.71. The van der Waals surface area contributed by atoms with E-state index in [9.17, 15) is 0 Å². The van der Waals surface area contributed by atoms with Crippen molar-refractivity contribution >= 4 is 0 Å². The number of halogens is 2. The first-order valence-corrected chi connectivity index (χ1v) is 12.8. The van der Waals surface area contributed by atoms with E-state index in [0.29, 0.717) is 17.5 Å². The fraction of sp³-hybridized carbons (Fsp3) is 0.419. The van der Waals surface area contributed by atoms with Gasteiger partial charge < -0.3 is 0 Å². The Bertz CT molecular complexity index is 974. The van der Waals surface area contributed by atoms with Gasteiger partial charge in [0.1, 0.15) is 0 Å². The number of hydrogen-bond acceptors (Lipinski definition) is 0. The van der Waals surface area contributed by atoms with E-state index in [0.717, 1.165) is 60.8 Å². The lowest BCUT2D eigenvalue weighted by atomic mass is 9.91. The molecule has 0 nitrogen and oxygen atoms in total. The fourth-order valence-corrected chi connectivity index (χ4v) is 4.54. The van der Waals surface area contributed by atoms with E-state index < -0.39 is 11.6 Å². The summed E-state index contributed by atoms with van der Waals surface area (Å²) in [6.07, 6.45) is 11.6. The van der Waals surface area contributed by atoms with Gasteiger partial charge in [0, 0.05) is 5.56 Å². The van der Waals surface area contributed by atoms with Gasteiger partial charge in [-0.05, 0) is 59.6 Å². The Balaban J connectivity index is 1.85. The lowest BCUT2D eigenvalue weighted by Gasteiger charge is -2.16. The summed E-state index contributed by atoms with van der Waals surface area (Å²) in [5.74, 6) is -1.35. The minimum absolute atomic E-state index is 0.382. The van der Waals surface area contributed by atoms with Crippen LogP contribution in [0, 0.1) is 11.6 Å². The summed E-state index contributed by atoms with van der Waals surface area (Å²) in [6.45, 7) is 4.36. The maximum atomic E-state index is 15.3. The van der Waals surface area contributed by atoms with E-state index in [4.69, 9.17) is 0 Å². The normalized spacial score (nSPS) is 11.2. The van der Waals surface area contributed by atoms with Crippen LogP contribution in [0.15, 0.2) is 60.7 Å². The first-order valence-electron chi connectivity index (χ1n) is 12.8. The maximum absolute atomic E-state index is 15.3. The Hall–Kier alpha value is -2.48. The first-order chi connectivity index (χ1) is 16.2. The molecule has 3 rings (SSSR count). The summed E-state index contributed by atoms with van der Waals surface area (Å²) >= 11 is 0. The van der Waals surface area contributed by atoms with Crippen LogP contribution in [0.4, 0.5) is 8.78 Å². The molecule has 33 heavy (non-hydrogen) atoms. The van der Waals surface area contributed by atoms with Crippen molar-refractivity contribution in [2.45, 2.75) is 84.5 Å². The largest absolute Gasteiger partial charge is 0.203 e. The Labute approximate surface area is 199 Å². The third-order valence-electron chi connectivity index (χ3n) is 6.53. The summed E-state index contributed by atoms with van der Waals surface area (Å²) in [7, 11) is 0. The number of benzene rings is 3. The molecule has 176 valence electrons. The molecule has 0 aliphatic heterocycles. The predicted molar refractivity (Wildman–Crippen MR) is 138 cm³/mol. The molecule has 0 spiro atoms. The van der Waals surface area contributed by atoms with Crippen molar-refractivity contribution in [3.8, 4) is 22.3 Å². The summed E-state index contributed by atoms with van der Waals surface area (Å²) in [5.41, 5.74) is 4.89. The van der Waals surface area contributed by atoms with Gasteiger partial charge in [0.2, 0.25) is 0 Å². The zero-order valence-corrected chi connectivity index (χ0v) is 20.3. The molecule has 3 aromatic rings. The van der Waals surface area contributed by atoms with Gasteiger partial charge in [0.05, 0.1) is 0 Å². The Morgan fingerprint density at radius 1 is 0.545 bits per heavy atom. The number of unbranched alkanes of at least 4 members (excludes halogenated alkanes) is 7. The van der Waals surface area contributed by atoms with Crippen LogP contribution in [0.3, 0.4) is 0 Å². The fourth-order valence-electron chi connectivity index (χ4n) is 4.54. The van der Waals surface area contributed by atoms with E-state index in [1.54, 1.807) is 0 Å². The highest BCUT2D eigenvalue weighted by atomic mass is 19.2. The lowest BCUT2D eigenvalue weighted by Crippen LogP contribution is -2.04. The highest BCUT2D eigenvalue weighted by Gasteiger charge is 2.19. The van der Waals surface area contributed by atoms with Crippen molar-refractivity contribution in [2.24, 2.45) is 0 Å². The highest BCUT2D eigenvalue weighted by Crippen LogP contribution is 2.32. The van der Waals surface area contributed by atoms with Gasteiger partial charge in [-0.25, -0.2) is 8.78 Å². The van der Waals surface area contributed by atoms with E-state index >= 15 is 8.78 Å². The molecule has 0 bridgehead atoms. The average molecular weight is 449 g/mol. The van der Waals surface area contributed by atoms with Gasteiger partial charge in [-0.2, -0.15) is 0 Å². The van der Waals surface area contributed by atoms with E-state index in [2.05, 4.69) is 26.0 Å². The molecule has 0 saturated carbocycles. The van der Waals surface area contributed by atoms with Gasteiger partial charge >= 0.3 is 0 Å². The molecular formula is C31H38F2. The Morgan fingerprint density at radius 3 is 1.79 bits per heavy atom. The van der Waals surface area contributed by atoms with Gasteiger partial charge in [-0.3, -0.25) is 0 Å². The number of aryl methyl sites for hydroxylation is 1. The third-order valence-corrected chi connectivity index (χ3v) is 6.53.